The third-order valence-electron chi connectivity index (χ3n) is 13.0. The maximum atomic E-state index is 2.47. The molecule has 0 N–H and O–H groups in total. The molecule has 0 heterocycles. The van der Waals surface area contributed by atoms with E-state index >= 15 is 0 Å². The Kier molecular flexibility index (Phi) is 4.47. The van der Waals surface area contributed by atoms with Gasteiger partial charge in [0.25, 0.3) is 0 Å². The Hall–Kier alpha value is -5.72. The molecule has 0 fully saturated rings. The van der Waals surface area contributed by atoms with Crippen molar-refractivity contribution in [3.8, 4) is 0 Å². The first-order valence-corrected chi connectivity index (χ1v) is 17.9. The SMILES string of the molecule is c1cc2c3c(cccc3c1)C1/C2=C2/c3cccc4cccc(c34)C2C2/C(=C3/Cc4cccc5cccc(c45)C31)c1cccc3cccc2c13. The molecule has 0 saturated carbocycles. The lowest BCUT2D eigenvalue weighted by molar-refractivity contribution is 0.678. The second kappa shape index (κ2) is 8.65. The lowest BCUT2D eigenvalue weighted by Crippen LogP contribution is -2.25. The molecular weight excluding hydrogens is 589 g/mol. The third kappa shape index (κ3) is 2.88. The summed E-state index contributed by atoms with van der Waals surface area (Å²) < 4.78 is 0. The van der Waals surface area contributed by atoms with Crippen molar-refractivity contribution in [2.45, 2.75) is 30.1 Å². The van der Waals surface area contributed by atoms with Gasteiger partial charge >= 0.3 is 0 Å². The summed E-state index contributed by atoms with van der Waals surface area (Å²) in [5, 5.41) is 11.3. The summed E-state index contributed by atoms with van der Waals surface area (Å²) in [4.78, 5) is 0. The standard InChI is InChI=1S/C49H30/c1-9-26-10-2-18-31-39(26)30(17-1)25-38-43(31)45-34-21-5-13-28-14-6-22-35(41(28)34)47(45)49-37-24-8-16-29-15-7-23-36(42(29)37)48(49)46-33-20-4-12-27-11-3-19-32(40(27)33)44(38)46/h1-24,43,45-46,48H,25H2/b44-38-,49-47-. The monoisotopic (exact) mass is 618 g/mol. The van der Waals surface area contributed by atoms with Gasteiger partial charge in [0.15, 0.2) is 0 Å². The van der Waals surface area contributed by atoms with E-state index in [1.165, 1.54) is 87.6 Å². The number of allylic oxidation sites excluding steroid dienone is 4. The number of hydrogen-bond donors (Lipinski definition) is 0. The quantitative estimate of drug-likeness (QED) is 0.159. The summed E-state index contributed by atoms with van der Waals surface area (Å²) >= 11 is 0. The molecule has 0 nitrogen and oxygen atoms in total. The van der Waals surface area contributed by atoms with Crippen molar-refractivity contribution in [3.05, 3.63) is 196 Å². The molecule has 8 aromatic rings. The predicted molar refractivity (Wildman–Crippen MR) is 204 cm³/mol. The van der Waals surface area contributed by atoms with Crippen LogP contribution in [0.1, 0.15) is 68.2 Å². The van der Waals surface area contributed by atoms with E-state index in [0.717, 1.165) is 6.42 Å². The molecule has 5 aliphatic rings. The van der Waals surface area contributed by atoms with Crippen LogP contribution in [0.4, 0.5) is 0 Å². The first kappa shape index (κ1) is 25.3. The average molecular weight is 619 g/mol. The molecule has 0 aromatic heterocycles. The first-order chi connectivity index (χ1) is 24.3. The van der Waals surface area contributed by atoms with Crippen molar-refractivity contribution in [1.82, 2.24) is 0 Å². The Bertz CT molecular complexity index is 2910. The maximum Gasteiger partial charge on any atom is 0.0215 e. The predicted octanol–water partition coefficient (Wildman–Crippen LogP) is 12.3. The Labute approximate surface area is 284 Å². The summed E-state index contributed by atoms with van der Waals surface area (Å²) in [6.45, 7) is 0. The summed E-state index contributed by atoms with van der Waals surface area (Å²) in [5.41, 5.74) is 18.2. The highest BCUT2D eigenvalue weighted by molar-refractivity contribution is 6.19. The highest BCUT2D eigenvalue weighted by Crippen LogP contribution is 2.70. The molecular formula is C49H30. The molecule has 0 amide bonds. The van der Waals surface area contributed by atoms with Crippen molar-refractivity contribution in [2.75, 3.05) is 0 Å². The van der Waals surface area contributed by atoms with E-state index in [9.17, 15) is 0 Å². The van der Waals surface area contributed by atoms with Crippen LogP contribution in [0.3, 0.4) is 0 Å². The van der Waals surface area contributed by atoms with Crippen LogP contribution in [0.15, 0.2) is 151 Å². The minimum atomic E-state index is 0.230. The van der Waals surface area contributed by atoms with Crippen LogP contribution >= 0.6 is 0 Å². The molecule has 0 bridgehead atoms. The van der Waals surface area contributed by atoms with E-state index in [1.807, 2.05) is 0 Å². The fourth-order valence-electron chi connectivity index (χ4n) is 11.6. The van der Waals surface area contributed by atoms with Crippen LogP contribution in [0, 0.1) is 0 Å². The van der Waals surface area contributed by atoms with Crippen molar-refractivity contribution in [3.63, 3.8) is 0 Å². The minimum absolute atomic E-state index is 0.230. The highest BCUT2D eigenvalue weighted by atomic mass is 14.5. The van der Waals surface area contributed by atoms with E-state index in [4.69, 9.17) is 0 Å². The Morgan fingerprint density at radius 2 is 0.653 bits per heavy atom. The zero-order chi connectivity index (χ0) is 31.5. The van der Waals surface area contributed by atoms with Gasteiger partial charge in [-0.25, -0.2) is 0 Å². The highest BCUT2D eigenvalue weighted by Gasteiger charge is 2.51. The average Bonchev–Trinajstić information content (AvgIpc) is 3.76. The van der Waals surface area contributed by atoms with E-state index in [2.05, 4.69) is 146 Å². The molecule has 0 spiro atoms. The molecule has 0 radical (unpaired) electrons. The lowest BCUT2D eigenvalue weighted by Gasteiger charge is -2.41. The molecule has 49 heavy (non-hydrogen) atoms. The second-order valence-corrected chi connectivity index (χ2v) is 15.0. The Balaban J connectivity index is 1.29. The number of fused-ring (bicyclic) bond motifs is 13. The number of hydrogen-bond acceptors (Lipinski definition) is 0. The first-order valence-electron chi connectivity index (χ1n) is 17.9. The van der Waals surface area contributed by atoms with Crippen LogP contribution in [-0.2, 0) is 6.42 Å². The molecule has 0 aliphatic heterocycles. The zero-order valence-electron chi connectivity index (χ0n) is 26.9. The van der Waals surface area contributed by atoms with E-state index in [0.29, 0.717) is 0 Å². The third-order valence-corrected chi connectivity index (χ3v) is 13.0. The maximum absolute atomic E-state index is 2.47. The van der Waals surface area contributed by atoms with Crippen LogP contribution in [0.25, 0.3) is 59.8 Å². The Morgan fingerprint density at radius 3 is 1.14 bits per heavy atom. The van der Waals surface area contributed by atoms with Crippen molar-refractivity contribution >= 4 is 59.8 Å². The molecule has 0 heteroatoms. The van der Waals surface area contributed by atoms with Gasteiger partial charge in [-0.2, -0.15) is 0 Å². The van der Waals surface area contributed by atoms with Crippen LogP contribution in [0.2, 0.25) is 0 Å². The lowest BCUT2D eigenvalue weighted by atomic mass is 9.61. The van der Waals surface area contributed by atoms with Gasteiger partial charge in [-0.3, -0.25) is 0 Å². The smallest absolute Gasteiger partial charge is 0.0215 e. The van der Waals surface area contributed by atoms with Crippen molar-refractivity contribution in [2.24, 2.45) is 0 Å². The largest absolute Gasteiger partial charge is 0.0613 e. The molecule has 4 atom stereocenters. The van der Waals surface area contributed by atoms with Crippen molar-refractivity contribution < 1.29 is 0 Å². The molecule has 0 saturated heterocycles. The van der Waals surface area contributed by atoms with Gasteiger partial charge in [-0.15, -0.1) is 0 Å². The number of benzene rings is 8. The molecule has 13 rings (SSSR count). The van der Waals surface area contributed by atoms with Gasteiger partial charge in [-0.1, -0.05) is 151 Å². The second-order valence-electron chi connectivity index (χ2n) is 15.0. The van der Waals surface area contributed by atoms with E-state index < -0.39 is 0 Å². The van der Waals surface area contributed by atoms with Gasteiger partial charge in [-0.05, 0) is 111 Å². The molecule has 226 valence electrons. The summed E-state index contributed by atoms with van der Waals surface area (Å²) in [6, 6.07) is 56.7. The minimum Gasteiger partial charge on any atom is -0.0613 e. The van der Waals surface area contributed by atoms with Gasteiger partial charge in [0.1, 0.15) is 0 Å². The summed E-state index contributed by atoms with van der Waals surface area (Å²) in [7, 11) is 0. The van der Waals surface area contributed by atoms with E-state index in [-0.39, 0.29) is 23.7 Å². The molecule has 5 aliphatic carbocycles. The topological polar surface area (TPSA) is 0 Å². The fraction of sp³-hybridized carbons (Fsp3) is 0.102. The summed E-state index contributed by atoms with van der Waals surface area (Å²) in [6.07, 6.45) is 0.991. The molecule has 4 unspecified atom stereocenters. The van der Waals surface area contributed by atoms with Gasteiger partial charge in [0, 0.05) is 23.7 Å². The normalized spacial score (nSPS) is 25.0. The summed E-state index contributed by atoms with van der Waals surface area (Å²) in [5.74, 6) is 0.948. The van der Waals surface area contributed by atoms with Gasteiger partial charge < -0.3 is 0 Å². The Morgan fingerprint density at radius 1 is 0.306 bits per heavy atom. The number of rotatable bonds is 0. The fourth-order valence-corrected chi connectivity index (χ4v) is 11.6. The van der Waals surface area contributed by atoms with Gasteiger partial charge in [0.2, 0.25) is 0 Å². The zero-order valence-corrected chi connectivity index (χ0v) is 26.9. The van der Waals surface area contributed by atoms with Crippen molar-refractivity contribution in [1.29, 1.82) is 0 Å². The van der Waals surface area contributed by atoms with Crippen LogP contribution in [0.5, 0.6) is 0 Å². The van der Waals surface area contributed by atoms with Crippen LogP contribution < -0.4 is 0 Å². The van der Waals surface area contributed by atoms with E-state index in [1.54, 1.807) is 22.3 Å². The van der Waals surface area contributed by atoms with Gasteiger partial charge in [0.05, 0.1) is 0 Å². The molecule has 8 aromatic carbocycles. The van der Waals surface area contributed by atoms with Crippen LogP contribution in [-0.4, -0.2) is 0 Å².